The Balaban J connectivity index is 2.57. The number of hydrogen-bond acceptors (Lipinski definition) is 2. The van der Waals surface area contributed by atoms with E-state index in [1.165, 1.54) is 15.0 Å². The van der Waals surface area contributed by atoms with Crippen molar-refractivity contribution in [2.75, 3.05) is 7.11 Å². The minimum Gasteiger partial charge on any atom is -0.497 e. The molecule has 1 aromatic heterocycles. The molecular weight excluding hydrogens is 204 g/mol. The standard InChI is InChI=1S/C10H9ClOS/c1-12-8-2-3-10-7(4-8)5-9(6-11)13-10/h2-5H,6H2,1H3. The second-order valence-corrected chi connectivity index (χ2v) is 4.19. The van der Waals surface area contributed by atoms with E-state index in [1.54, 1.807) is 18.4 Å². The fourth-order valence-corrected chi connectivity index (χ4v) is 2.40. The molecule has 0 aliphatic carbocycles. The Morgan fingerprint density at radius 2 is 2.23 bits per heavy atom. The number of benzene rings is 1. The van der Waals surface area contributed by atoms with Gasteiger partial charge in [0, 0.05) is 9.58 Å². The predicted molar refractivity (Wildman–Crippen MR) is 57.9 cm³/mol. The third-order valence-corrected chi connectivity index (χ3v) is 3.47. The van der Waals surface area contributed by atoms with Crippen LogP contribution in [0.4, 0.5) is 0 Å². The fraction of sp³-hybridized carbons (Fsp3) is 0.200. The Morgan fingerprint density at radius 1 is 1.38 bits per heavy atom. The van der Waals surface area contributed by atoms with Gasteiger partial charge in [0.1, 0.15) is 5.75 Å². The summed E-state index contributed by atoms with van der Waals surface area (Å²) < 4.78 is 6.40. The minimum absolute atomic E-state index is 0.585. The summed E-state index contributed by atoms with van der Waals surface area (Å²) in [5.74, 6) is 1.48. The largest absolute Gasteiger partial charge is 0.497 e. The van der Waals surface area contributed by atoms with E-state index in [1.807, 2.05) is 12.1 Å². The normalized spacial score (nSPS) is 10.6. The average Bonchev–Trinajstić information content (AvgIpc) is 2.58. The summed E-state index contributed by atoms with van der Waals surface area (Å²) in [7, 11) is 1.68. The van der Waals surface area contributed by atoms with Gasteiger partial charge >= 0.3 is 0 Å². The maximum Gasteiger partial charge on any atom is 0.119 e. The van der Waals surface area contributed by atoms with E-state index in [9.17, 15) is 0 Å². The lowest BCUT2D eigenvalue weighted by atomic mass is 10.2. The van der Waals surface area contributed by atoms with Crippen molar-refractivity contribution in [3.63, 3.8) is 0 Å². The number of halogens is 1. The SMILES string of the molecule is COc1ccc2sc(CCl)cc2c1. The van der Waals surface area contributed by atoms with Gasteiger partial charge in [-0.05, 0) is 29.7 Å². The number of methoxy groups -OCH3 is 1. The highest BCUT2D eigenvalue weighted by molar-refractivity contribution is 7.19. The number of rotatable bonds is 2. The number of ether oxygens (including phenoxy) is 1. The van der Waals surface area contributed by atoms with Crippen LogP contribution in [0.15, 0.2) is 24.3 Å². The van der Waals surface area contributed by atoms with Crippen LogP contribution in [-0.2, 0) is 5.88 Å². The van der Waals surface area contributed by atoms with Crippen LogP contribution in [0.25, 0.3) is 10.1 Å². The molecule has 0 unspecified atom stereocenters. The van der Waals surface area contributed by atoms with Gasteiger partial charge in [-0.25, -0.2) is 0 Å². The van der Waals surface area contributed by atoms with Gasteiger partial charge in [-0.1, -0.05) is 0 Å². The molecule has 1 heterocycles. The predicted octanol–water partition coefficient (Wildman–Crippen LogP) is 3.65. The van der Waals surface area contributed by atoms with Gasteiger partial charge in [-0.2, -0.15) is 0 Å². The summed E-state index contributed by atoms with van der Waals surface area (Å²) in [5, 5.41) is 1.21. The van der Waals surface area contributed by atoms with Crippen molar-refractivity contribution in [3.8, 4) is 5.75 Å². The Hall–Kier alpha value is -0.730. The molecule has 0 aliphatic heterocycles. The summed E-state index contributed by atoms with van der Waals surface area (Å²) in [4.78, 5) is 1.20. The summed E-state index contributed by atoms with van der Waals surface area (Å²) in [6.07, 6.45) is 0. The fourth-order valence-electron chi connectivity index (χ4n) is 1.27. The molecule has 0 amide bonds. The maximum absolute atomic E-state index is 5.75. The van der Waals surface area contributed by atoms with Crippen LogP contribution in [0.3, 0.4) is 0 Å². The molecule has 0 aliphatic rings. The molecule has 0 atom stereocenters. The van der Waals surface area contributed by atoms with Gasteiger partial charge < -0.3 is 4.74 Å². The Morgan fingerprint density at radius 3 is 2.92 bits per heavy atom. The summed E-state index contributed by atoms with van der Waals surface area (Å²) in [6.45, 7) is 0. The smallest absolute Gasteiger partial charge is 0.119 e. The van der Waals surface area contributed by atoms with Gasteiger partial charge in [-0.15, -0.1) is 22.9 Å². The zero-order chi connectivity index (χ0) is 9.26. The molecule has 0 saturated heterocycles. The Bertz CT molecular complexity index is 420. The molecule has 1 aromatic carbocycles. The maximum atomic E-state index is 5.75. The van der Waals surface area contributed by atoms with E-state index in [0.717, 1.165) is 5.75 Å². The van der Waals surface area contributed by atoms with Crippen molar-refractivity contribution in [2.45, 2.75) is 5.88 Å². The van der Waals surface area contributed by atoms with Crippen LogP contribution >= 0.6 is 22.9 Å². The van der Waals surface area contributed by atoms with Crippen molar-refractivity contribution in [3.05, 3.63) is 29.1 Å². The Kier molecular flexibility index (Phi) is 2.42. The van der Waals surface area contributed by atoms with Gasteiger partial charge in [0.15, 0.2) is 0 Å². The quantitative estimate of drug-likeness (QED) is 0.691. The molecular formula is C10H9ClOS. The zero-order valence-electron chi connectivity index (χ0n) is 7.21. The highest BCUT2D eigenvalue weighted by atomic mass is 35.5. The molecule has 0 saturated carbocycles. The molecule has 2 rings (SSSR count). The third-order valence-electron chi connectivity index (χ3n) is 1.91. The average molecular weight is 213 g/mol. The van der Waals surface area contributed by atoms with Crippen LogP contribution in [-0.4, -0.2) is 7.11 Å². The number of thiophene rings is 1. The first-order valence-electron chi connectivity index (χ1n) is 3.96. The third kappa shape index (κ3) is 1.64. The molecule has 2 aromatic rings. The molecule has 13 heavy (non-hydrogen) atoms. The van der Waals surface area contributed by atoms with Crippen LogP contribution in [0.5, 0.6) is 5.75 Å². The van der Waals surface area contributed by atoms with Crippen LogP contribution in [0.2, 0.25) is 0 Å². The lowest BCUT2D eigenvalue weighted by Crippen LogP contribution is -1.79. The zero-order valence-corrected chi connectivity index (χ0v) is 8.78. The van der Waals surface area contributed by atoms with E-state index in [0.29, 0.717) is 5.88 Å². The van der Waals surface area contributed by atoms with Crippen molar-refractivity contribution < 1.29 is 4.74 Å². The second kappa shape index (κ2) is 3.56. The molecule has 68 valence electrons. The van der Waals surface area contributed by atoms with Crippen molar-refractivity contribution in [1.29, 1.82) is 0 Å². The van der Waals surface area contributed by atoms with Crippen LogP contribution in [0, 0.1) is 0 Å². The Labute approximate surface area is 85.9 Å². The van der Waals surface area contributed by atoms with Crippen LogP contribution in [0.1, 0.15) is 4.88 Å². The van der Waals surface area contributed by atoms with E-state index in [4.69, 9.17) is 16.3 Å². The second-order valence-electron chi connectivity index (χ2n) is 2.75. The van der Waals surface area contributed by atoms with Crippen molar-refractivity contribution in [2.24, 2.45) is 0 Å². The van der Waals surface area contributed by atoms with Crippen molar-refractivity contribution >= 4 is 33.0 Å². The first-order chi connectivity index (χ1) is 6.33. The number of alkyl halides is 1. The molecule has 0 fully saturated rings. The van der Waals surface area contributed by atoms with Crippen LogP contribution < -0.4 is 4.74 Å². The molecule has 0 radical (unpaired) electrons. The minimum atomic E-state index is 0.585. The molecule has 1 nitrogen and oxygen atoms in total. The summed E-state index contributed by atoms with van der Waals surface area (Å²) in [6, 6.07) is 8.17. The van der Waals surface area contributed by atoms with Crippen molar-refractivity contribution in [1.82, 2.24) is 0 Å². The monoisotopic (exact) mass is 212 g/mol. The van der Waals surface area contributed by atoms with Gasteiger partial charge in [0.25, 0.3) is 0 Å². The molecule has 0 spiro atoms. The number of fused-ring (bicyclic) bond motifs is 1. The van der Waals surface area contributed by atoms with E-state index in [2.05, 4.69) is 12.1 Å². The molecule has 0 N–H and O–H groups in total. The first kappa shape index (κ1) is 8.85. The topological polar surface area (TPSA) is 9.23 Å². The molecule has 0 bridgehead atoms. The highest BCUT2D eigenvalue weighted by Crippen LogP contribution is 2.29. The lowest BCUT2D eigenvalue weighted by Gasteiger charge is -1.97. The van der Waals surface area contributed by atoms with E-state index in [-0.39, 0.29) is 0 Å². The van der Waals surface area contributed by atoms with Gasteiger partial charge in [-0.3, -0.25) is 0 Å². The lowest BCUT2D eigenvalue weighted by molar-refractivity contribution is 0.415. The first-order valence-corrected chi connectivity index (χ1v) is 5.31. The van der Waals surface area contributed by atoms with E-state index >= 15 is 0 Å². The van der Waals surface area contributed by atoms with Gasteiger partial charge in [0.05, 0.1) is 13.0 Å². The summed E-state index contributed by atoms with van der Waals surface area (Å²) >= 11 is 7.48. The number of hydrogen-bond donors (Lipinski definition) is 0. The van der Waals surface area contributed by atoms with Gasteiger partial charge in [0.2, 0.25) is 0 Å². The highest BCUT2D eigenvalue weighted by Gasteiger charge is 2.01. The summed E-state index contributed by atoms with van der Waals surface area (Å²) in [5.41, 5.74) is 0. The van der Waals surface area contributed by atoms with E-state index < -0.39 is 0 Å². The molecule has 3 heteroatoms.